The van der Waals surface area contributed by atoms with Crippen LogP contribution in [0.5, 0.6) is 11.5 Å². The van der Waals surface area contributed by atoms with Crippen LogP contribution in [0.2, 0.25) is 0 Å². The third-order valence-electron chi connectivity index (χ3n) is 3.70. The summed E-state index contributed by atoms with van der Waals surface area (Å²) in [5.41, 5.74) is 0.563. The lowest BCUT2D eigenvalue weighted by atomic mass is 10.1. The summed E-state index contributed by atoms with van der Waals surface area (Å²) in [4.78, 5) is 25.8. The molecule has 0 atom stereocenters. The van der Waals surface area contributed by atoms with E-state index in [2.05, 4.69) is 6.92 Å². The van der Waals surface area contributed by atoms with E-state index in [4.69, 9.17) is 9.47 Å². The highest BCUT2D eigenvalue weighted by Crippen LogP contribution is 2.31. The van der Waals surface area contributed by atoms with Crippen LogP contribution in [0.3, 0.4) is 0 Å². The van der Waals surface area contributed by atoms with Crippen molar-refractivity contribution in [2.75, 3.05) is 26.8 Å². The lowest BCUT2D eigenvalue weighted by molar-refractivity contribution is -0.129. The molecule has 0 radical (unpaired) electrons. The molecule has 1 aromatic rings. The number of Topliss-reactive ketones (excluding diaryl/α,β-unsaturated/α-hetero) is 1. The maximum Gasteiger partial charge on any atom is 0.222 e. The monoisotopic (exact) mass is 305 g/mol. The van der Waals surface area contributed by atoms with E-state index in [1.54, 1.807) is 30.1 Å². The molecule has 0 saturated heterocycles. The molecule has 0 fully saturated rings. The van der Waals surface area contributed by atoms with Crippen molar-refractivity contribution in [3.8, 4) is 11.5 Å². The zero-order chi connectivity index (χ0) is 15.9. The number of nitrogens with zero attached hydrogens (tertiary/aromatic N) is 1. The van der Waals surface area contributed by atoms with E-state index in [0.717, 1.165) is 19.4 Å². The number of carbonyl (C=O) groups is 2. The summed E-state index contributed by atoms with van der Waals surface area (Å²) in [6.45, 7) is 3.85. The normalized spacial score (nSPS) is 12.8. The highest BCUT2D eigenvalue weighted by atomic mass is 16.6. The Morgan fingerprint density at radius 2 is 1.86 bits per heavy atom. The molecule has 0 spiro atoms. The second kappa shape index (κ2) is 7.82. The Bertz CT molecular complexity index is 541. The number of hydrogen-bond donors (Lipinski definition) is 0. The fourth-order valence-electron chi connectivity index (χ4n) is 2.29. The number of carbonyl (C=O) groups excluding carboxylic acids is 2. The molecule has 120 valence electrons. The van der Waals surface area contributed by atoms with E-state index >= 15 is 0 Å². The second-order valence-corrected chi connectivity index (χ2v) is 5.45. The van der Waals surface area contributed by atoms with Gasteiger partial charge in [-0.25, -0.2) is 0 Å². The maximum atomic E-state index is 12.2. The maximum absolute atomic E-state index is 12.2. The fourth-order valence-corrected chi connectivity index (χ4v) is 2.29. The largest absolute Gasteiger partial charge is 0.486 e. The SMILES string of the molecule is CCCCN(C)C(=O)CCC(=O)c1ccc2c(c1)OCCO2. The second-order valence-electron chi connectivity index (χ2n) is 5.45. The Kier molecular flexibility index (Phi) is 5.81. The summed E-state index contributed by atoms with van der Waals surface area (Å²) < 4.78 is 10.9. The van der Waals surface area contributed by atoms with E-state index < -0.39 is 0 Å². The Labute approximate surface area is 131 Å². The highest BCUT2D eigenvalue weighted by molar-refractivity contribution is 5.98. The van der Waals surface area contributed by atoms with Crippen LogP contribution in [0, 0.1) is 0 Å². The molecule has 0 unspecified atom stereocenters. The summed E-state index contributed by atoms with van der Waals surface area (Å²) >= 11 is 0. The first-order valence-electron chi connectivity index (χ1n) is 7.78. The lowest BCUT2D eigenvalue weighted by Gasteiger charge is -2.19. The molecule has 0 aromatic heterocycles. The van der Waals surface area contributed by atoms with E-state index in [1.807, 2.05) is 0 Å². The van der Waals surface area contributed by atoms with Gasteiger partial charge in [0, 0.05) is 32.0 Å². The third-order valence-corrected chi connectivity index (χ3v) is 3.70. The molecule has 22 heavy (non-hydrogen) atoms. The zero-order valence-electron chi connectivity index (χ0n) is 13.3. The summed E-state index contributed by atoms with van der Waals surface area (Å²) in [6, 6.07) is 5.17. The van der Waals surface area contributed by atoms with Crippen molar-refractivity contribution in [3.63, 3.8) is 0 Å². The van der Waals surface area contributed by atoms with Crippen LogP contribution in [0.1, 0.15) is 43.0 Å². The average molecular weight is 305 g/mol. The predicted molar refractivity (Wildman–Crippen MR) is 83.5 cm³/mol. The van der Waals surface area contributed by atoms with Gasteiger partial charge in [-0.05, 0) is 24.6 Å². The van der Waals surface area contributed by atoms with Crippen LogP contribution < -0.4 is 9.47 Å². The molecule has 5 heteroatoms. The minimum Gasteiger partial charge on any atom is -0.486 e. The van der Waals surface area contributed by atoms with Crippen LogP contribution in [0.25, 0.3) is 0 Å². The van der Waals surface area contributed by atoms with Crippen molar-refractivity contribution in [1.82, 2.24) is 4.90 Å². The van der Waals surface area contributed by atoms with Crippen molar-refractivity contribution < 1.29 is 19.1 Å². The van der Waals surface area contributed by atoms with Crippen molar-refractivity contribution in [3.05, 3.63) is 23.8 Å². The predicted octanol–water partition coefficient (Wildman–Crippen LogP) is 2.68. The number of ether oxygens (including phenoxy) is 2. The van der Waals surface area contributed by atoms with Crippen LogP contribution in [0.4, 0.5) is 0 Å². The molecule has 0 N–H and O–H groups in total. The molecule has 1 heterocycles. The summed E-state index contributed by atoms with van der Waals surface area (Å²) in [5, 5.41) is 0. The molecule has 0 bridgehead atoms. The molecule has 5 nitrogen and oxygen atoms in total. The Morgan fingerprint density at radius 1 is 1.14 bits per heavy atom. The quantitative estimate of drug-likeness (QED) is 0.727. The van der Waals surface area contributed by atoms with Gasteiger partial charge in [-0.2, -0.15) is 0 Å². The van der Waals surface area contributed by atoms with Crippen molar-refractivity contribution in [2.24, 2.45) is 0 Å². The molecular formula is C17H23NO4. The number of hydrogen-bond acceptors (Lipinski definition) is 4. The van der Waals surface area contributed by atoms with Gasteiger partial charge in [0.15, 0.2) is 17.3 Å². The number of benzene rings is 1. The van der Waals surface area contributed by atoms with E-state index in [9.17, 15) is 9.59 Å². The zero-order valence-corrected chi connectivity index (χ0v) is 13.3. The van der Waals surface area contributed by atoms with Crippen molar-refractivity contribution in [2.45, 2.75) is 32.6 Å². The summed E-state index contributed by atoms with van der Waals surface area (Å²) in [5.74, 6) is 1.23. The highest BCUT2D eigenvalue weighted by Gasteiger charge is 2.16. The topological polar surface area (TPSA) is 55.8 Å². The van der Waals surface area contributed by atoms with E-state index in [1.165, 1.54) is 0 Å². The molecule has 0 saturated carbocycles. The van der Waals surface area contributed by atoms with Gasteiger partial charge in [-0.15, -0.1) is 0 Å². The number of fused-ring (bicyclic) bond motifs is 1. The van der Waals surface area contributed by atoms with Crippen molar-refractivity contribution in [1.29, 1.82) is 0 Å². The third kappa shape index (κ3) is 4.23. The van der Waals surface area contributed by atoms with Gasteiger partial charge in [0.05, 0.1) is 0 Å². The smallest absolute Gasteiger partial charge is 0.222 e. The van der Waals surface area contributed by atoms with Crippen LogP contribution in [0.15, 0.2) is 18.2 Å². The van der Waals surface area contributed by atoms with Gasteiger partial charge in [0.25, 0.3) is 0 Å². The van der Waals surface area contributed by atoms with Crippen LogP contribution in [-0.2, 0) is 4.79 Å². The fraction of sp³-hybridized carbons (Fsp3) is 0.529. The number of amides is 1. The van der Waals surface area contributed by atoms with Crippen LogP contribution in [-0.4, -0.2) is 43.4 Å². The molecule has 1 amide bonds. The molecule has 1 aromatic carbocycles. The Balaban J connectivity index is 1.88. The van der Waals surface area contributed by atoms with E-state index in [-0.39, 0.29) is 24.5 Å². The van der Waals surface area contributed by atoms with Crippen LogP contribution >= 0.6 is 0 Å². The first-order valence-corrected chi connectivity index (χ1v) is 7.78. The van der Waals surface area contributed by atoms with Gasteiger partial charge < -0.3 is 14.4 Å². The van der Waals surface area contributed by atoms with Gasteiger partial charge in [-0.3, -0.25) is 9.59 Å². The number of unbranched alkanes of at least 4 members (excludes halogenated alkanes) is 1. The Morgan fingerprint density at radius 3 is 2.59 bits per heavy atom. The molecule has 1 aliphatic heterocycles. The lowest BCUT2D eigenvalue weighted by Crippen LogP contribution is -2.27. The van der Waals surface area contributed by atoms with Gasteiger partial charge in [0.2, 0.25) is 5.91 Å². The summed E-state index contributed by atoms with van der Waals surface area (Å²) in [6.07, 6.45) is 2.49. The first-order chi connectivity index (χ1) is 10.6. The van der Waals surface area contributed by atoms with E-state index in [0.29, 0.717) is 30.3 Å². The minimum absolute atomic E-state index is 0.0133. The van der Waals surface area contributed by atoms with Crippen molar-refractivity contribution >= 4 is 11.7 Å². The Hall–Kier alpha value is -2.04. The minimum atomic E-state index is -0.0470. The summed E-state index contributed by atoms with van der Waals surface area (Å²) in [7, 11) is 1.78. The number of rotatable bonds is 7. The first kappa shape index (κ1) is 16.3. The molecule has 0 aliphatic carbocycles. The van der Waals surface area contributed by atoms with Gasteiger partial charge in [-0.1, -0.05) is 13.3 Å². The van der Waals surface area contributed by atoms with Gasteiger partial charge >= 0.3 is 0 Å². The standard InChI is InChI=1S/C17H23NO4/c1-3-4-9-18(2)17(20)8-6-14(19)13-5-7-15-16(12-13)22-11-10-21-15/h5,7,12H,3-4,6,8-11H2,1-2H3. The molecular weight excluding hydrogens is 282 g/mol. The number of ketones is 1. The molecule has 2 rings (SSSR count). The average Bonchev–Trinajstić information content (AvgIpc) is 2.56. The molecule has 1 aliphatic rings. The van der Waals surface area contributed by atoms with Gasteiger partial charge in [0.1, 0.15) is 13.2 Å².